The summed E-state index contributed by atoms with van der Waals surface area (Å²) in [6.07, 6.45) is 0. The van der Waals surface area contributed by atoms with Gasteiger partial charge in [0.15, 0.2) is 0 Å². The van der Waals surface area contributed by atoms with Gasteiger partial charge < -0.3 is 18.1 Å². The smallest absolute Gasteiger partial charge is 0.136 e. The number of furan rings is 1. The Morgan fingerprint density at radius 2 is 0.671 bits per heavy atom. The minimum Gasteiger partial charge on any atom is -0.456 e. The molecule has 0 fully saturated rings. The monoisotopic (exact) mass is 971 g/mol. The van der Waals surface area contributed by atoms with Crippen LogP contribution in [-0.2, 0) is 10.8 Å². The average Bonchev–Trinajstić information content (AvgIpc) is 4.35. The van der Waals surface area contributed by atoms with Crippen molar-refractivity contribution in [2.75, 3.05) is 0 Å². The lowest BCUT2D eigenvalue weighted by atomic mass is 9.82. The van der Waals surface area contributed by atoms with Crippen LogP contribution in [0.3, 0.4) is 0 Å². The summed E-state index contributed by atoms with van der Waals surface area (Å²) in [6.45, 7) is 9.50. The van der Waals surface area contributed by atoms with Gasteiger partial charge in [0.05, 0.1) is 33.1 Å². The Morgan fingerprint density at radius 3 is 1.25 bits per heavy atom. The van der Waals surface area contributed by atoms with E-state index in [2.05, 4.69) is 266 Å². The van der Waals surface area contributed by atoms with Crippen molar-refractivity contribution in [3.8, 4) is 50.4 Å². The number of benzene rings is 11. The van der Waals surface area contributed by atoms with Crippen LogP contribution in [-0.4, -0.2) is 13.7 Å². The largest absolute Gasteiger partial charge is 0.456 e. The van der Waals surface area contributed by atoms with E-state index < -0.39 is 0 Å². The fraction of sp³-hybridized carbons (Fsp3) is 0.0833. The fourth-order valence-corrected chi connectivity index (χ4v) is 14.1. The standard InChI is InChI=1S/C72H49N3O/c1-71(2)59-22-12-8-18-47(59)51-34-53-56-37-64-55(49-20-10-14-24-63(49)73(64)44-16-6-5-7-17-44)36-65(56)74(67(53)40-61(51)71)45-30-26-42(27-31-45)43-28-32-46(33-29-43)75-66-38-58-50-21-11-15-25-69(50)76-70(58)39-57(66)54-35-52-48-19-9-13-23-60(48)72(3,4)62(52)41-68(54)75/h5-41H,1-4H3. The summed E-state index contributed by atoms with van der Waals surface area (Å²) in [5.74, 6) is 0. The van der Waals surface area contributed by atoms with E-state index in [0.717, 1.165) is 39.0 Å². The van der Waals surface area contributed by atoms with E-state index in [1.54, 1.807) is 0 Å². The van der Waals surface area contributed by atoms with Crippen LogP contribution in [0.4, 0.5) is 0 Å². The van der Waals surface area contributed by atoms with E-state index in [-0.39, 0.29) is 10.8 Å². The zero-order chi connectivity index (χ0) is 50.3. The van der Waals surface area contributed by atoms with Gasteiger partial charge in [-0.2, -0.15) is 0 Å². The lowest BCUT2D eigenvalue weighted by Gasteiger charge is -2.21. The highest BCUT2D eigenvalue weighted by Gasteiger charge is 2.38. The summed E-state index contributed by atoms with van der Waals surface area (Å²) in [6, 6.07) is 83.8. The maximum atomic E-state index is 6.52. The molecule has 4 aromatic heterocycles. The maximum absolute atomic E-state index is 6.52. The summed E-state index contributed by atoms with van der Waals surface area (Å²) in [5, 5.41) is 9.69. The van der Waals surface area contributed by atoms with Crippen LogP contribution in [0.5, 0.6) is 0 Å². The second-order valence-corrected chi connectivity index (χ2v) is 22.5. The van der Waals surface area contributed by atoms with Crippen molar-refractivity contribution in [2.24, 2.45) is 0 Å². The molecule has 11 aromatic carbocycles. The van der Waals surface area contributed by atoms with E-state index >= 15 is 0 Å². The second-order valence-electron chi connectivity index (χ2n) is 22.5. The zero-order valence-electron chi connectivity index (χ0n) is 42.6. The topological polar surface area (TPSA) is 27.9 Å². The van der Waals surface area contributed by atoms with Crippen LogP contribution in [0, 0.1) is 0 Å². The summed E-state index contributed by atoms with van der Waals surface area (Å²) in [4.78, 5) is 0. The Hall–Kier alpha value is -9.38. The molecular formula is C72H49N3O. The number of para-hydroxylation sites is 3. The number of hydrogen-bond donors (Lipinski definition) is 0. The van der Waals surface area contributed by atoms with Crippen molar-refractivity contribution >= 4 is 87.4 Å². The van der Waals surface area contributed by atoms with Gasteiger partial charge in [0.2, 0.25) is 0 Å². The molecule has 2 aliphatic carbocycles. The molecule has 4 heteroatoms. The predicted molar refractivity (Wildman–Crippen MR) is 317 cm³/mol. The Balaban J connectivity index is 0.830. The first-order chi connectivity index (χ1) is 37.2. The van der Waals surface area contributed by atoms with Gasteiger partial charge in [0, 0.05) is 71.0 Å². The first kappa shape index (κ1) is 42.0. The zero-order valence-corrected chi connectivity index (χ0v) is 42.6. The molecule has 0 aliphatic heterocycles. The fourth-order valence-electron chi connectivity index (χ4n) is 14.1. The molecule has 15 aromatic rings. The van der Waals surface area contributed by atoms with E-state index in [1.165, 1.54) is 121 Å². The van der Waals surface area contributed by atoms with Crippen LogP contribution in [0.15, 0.2) is 229 Å². The Morgan fingerprint density at radius 1 is 0.263 bits per heavy atom. The van der Waals surface area contributed by atoms with E-state index in [0.29, 0.717) is 0 Å². The molecule has 358 valence electrons. The quantitative estimate of drug-likeness (QED) is 0.173. The third-order valence-corrected chi connectivity index (χ3v) is 17.8. The molecule has 0 atom stereocenters. The third-order valence-electron chi connectivity index (χ3n) is 17.8. The molecule has 76 heavy (non-hydrogen) atoms. The highest BCUT2D eigenvalue weighted by atomic mass is 16.3. The minimum absolute atomic E-state index is 0.127. The van der Waals surface area contributed by atoms with Crippen LogP contribution < -0.4 is 0 Å². The first-order valence-corrected chi connectivity index (χ1v) is 26.7. The molecule has 0 radical (unpaired) electrons. The van der Waals surface area contributed by atoms with Gasteiger partial charge in [0.1, 0.15) is 11.2 Å². The van der Waals surface area contributed by atoms with E-state index in [4.69, 9.17) is 4.42 Å². The lowest BCUT2D eigenvalue weighted by molar-refractivity contribution is 0.661. The van der Waals surface area contributed by atoms with Crippen molar-refractivity contribution < 1.29 is 4.42 Å². The molecule has 0 saturated carbocycles. The number of rotatable bonds is 4. The van der Waals surface area contributed by atoms with Crippen molar-refractivity contribution in [1.82, 2.24) is 13.7 Å². The summed E-state index contributed by atoms with van der Waals surface area (Å²) < 4.78 is 14.0. The van der Waals surface area contributed by atoms with Gasteiger partial charge in [-0.3, -0.25) is 0 Å². The van der Waals surface area contributed by atoms with Crippen molar-refractivity contribution in [3.63, 3.8) is 0 Å². The van der Waals surface area contributed by atoms with Gasteiger partial charge >= 0.3 is 0 Å². The molecule has 17 rings (SSSR count). The number of hydrogen-bond acceptors (Lipinski definition) is 1. The summed E-state index contributed by atoms with van der Waals surface area (Å²) in [7, 11) is 0. The highest BCUT2D eigenvalue weighted by molar-refractivity contribution is 6.21. The lowest BCUT2D eigenvalue weighted by Crippen LogP contribution is -2.15. The Labute approximate surface area is 438 Å². The molecule has 0 saturated heterocycles. The van der Waals surface area contributed by atoms with Crippen molar-refractivity contribution in [2.45, 2.75) is 38.5 Å². The van der Waals surface area contributed by atoms with Crippen molar-refractivity contribution in [1.29, 1.82) is 0 Å². The average molecular weight is 972 g/mol. The first-order valence-electron chi connectivity index (χ1n) is 26.7. The third kappa shape index (κ3) is 5.47. The summed E-state index contributed by atoms with van der Waals surface area (Å²) in [5.41, 5.74) is 25.4. The van der Waals surface area contributed by atoms with Crippen LogP contribution in [0.25, 0.3) is 138 Å². The Kier molecular flexibility index (Phi) is 8.12. The molecular weight excluding hydrogens is 923 g/mol. The van der Waals surface area contributed by atoms with Gasteiger partial charge in [-0.15, -0.1) is 0 Å². The van der Waals surface area contributed by atoms with Crippen molar-refractivity contribution in [3.05, 3.63) is 247 Å². The van der Waals surface area contributed by atoms with Crippen LogP contribution in [0.2, 0.25) is 0 Å². The molecule has 4 nitrogen and oxygen atoms in total. The van der Waals surface area contributed by atoms with Crippen LogP contribution >= 0.6 is 0 Å². The van der Waals surface area contributed by atoms with Gasteiger partial charge in [-0.05, 0) is 153 Å². The normalized spacial score (nSPS) is 14.3. The molecule has 2 aliphatic rings. The molecule has 0 unspecified atom stereocenters. The van der Waals surface area contributed by atoms with Gasteiger partial charge in [-0.1, -0.05) is 155 Å². The predicted octanol–water partition coefficient (Wildman–Crippen LogP) is 19.2. The van der Waals surface area contributed by atoms with Gasteiger partial charge in [0.25, 0.3) is 0 Å². The van der Waals surface area contributed by atoms with Crippen LogP contribution in [0.1, 0.15) is 49.9 Å². The van der Waals surface area contributed by atoms with E-state index in [9.17, 15) is 0 Å². The number of fused-ring (bicyclic) bond motifs is 18. The molecule has 0 spiro atoms. The highest BCUT2D eigenvalue weighted by Crippen LogP contribution is 2.53. The van der Waals surface area contributed by atoms with E-state index in [1.807, 2.05) is 0 Å². The molecule has 4 heterocycles. The minimum atomic E-state index is -0.135. The molecule has 0 amide bonds. The SMILES string of the molecule is CC1(C)c2ccccc2-c2cc3c4cc5oc6ccccc6c5cc4n(-c4ccc(-c5ccc(-n6c7cc8c(cc7c7cc9c(cc76)c6ccccc6n9-c6ccccc6)-c6ccccc6C8(C)C)cc5)cc4)c3cc21. The number of nitrogens with zero attached hydrogens (tertiary/aromatic N) is 3. The molecule has 0 N–H and O–H groups in total. The summed E-state index contributed by atoms with van der Waals surface area (Å²) >= 11 is 0. The Bertz CT molecular complexity index is 5020. The second kappa shape index (κ2) is 14.7. The van der Waals surface area contributed by atoms with Gasteiger partial charge in [-0.25, -0.2) is 0 Å². The maximum Gasteiger partial charge on any atom is 0.136 e. The molecule has 0 bridgehead atoms. The number of aromatic nitrogens is 3.